The van der Waals surface area contributed by atoms with Gasteiger partial charge >= 0.3 is 0 Å². The van der Waals surface area contributed by atoms with E-state index in [1.165, 1.54) is 6.42 Å². The normalized spacial score (nSPS) is 18.4. The highest BCUT2D eigenvalue weighted by Crippen LogP contribution is 2.33. The van der Waals surface area contributed by atoms with Crippen molar-refractivity contribution >= 4 is 28.1 Å². The van der Waals surface area contributed by atoms with Crippen LogP contribution in [0.2, 0.25) is 0 Å². The summed E-state index contributed by atoms with van der Waals surface area (Å²) in [5.74, 6) is 0.236. The van der Waals surface area contributed by atoms with Crippen molar-refractivity contribution in [2.75, 3.05) is 50.7 Å². The first-order valence-corrected chi connectivity index (χ1v) is 9.90. The number of rotatable bonds is 4. The smallest absolute Gasteiger partial charge is 0.278 e. The Balaban J connectivity index is 1.43. The number of carbonyl (C=O) groups excluding carboxylic acids is 1. The largest absolute Gasteiger partial charge is 0.368 e. The van der Waals surface area contributed by atoms with Gasteiger partial charge in [-0.05, 0) is 31.4 Å². The number of carbonyl (C=O) groups is 1. The number of hydrogen-bond acceptors (Lipinski definition) is 6. The van der Waals surface area contributed by atoms with E-state index in [4.69, 9.17) is 0 Å². The predicted octanol–water partition coefficient (Wildman–Crippen LogP) is 2.28. The Hall–Kier alpha value is -2.74. The first kappa shape index (κ1) is 18.6. The second-order valence-electron chi connectivity index (χ2n) is 7.49. The second kappa shape index (κ2) is 8.10. The highest BCUT2D eigenvalue weighted by Gasteiger charge is 2.24. The maximum Gasteiger partial charge on any atom is 0.278 e. The fourth-order valence-corrected chi connectivity index (χ4v) is 4.18. The van der Waals surface area contributed by atoms with Crippen LogP contribution in [0.5, 0.6) is 0 Å². The SMILES string of the molecule is O=C(CN1CCN(c2ccc([N+](=O)[O-])c3cnccc23)CC1)N1CCCCC1. The third-order valence-electron chi connectivity index (χ3n) is 5.75. The van der Waals surface area contributed by atoms with Crippen molar-refractivity contribution in [1.82, 2.24) is 14.8 Å². The van der Waals surface area contributed by atoms with Gasteiger partial charge in [-0.25, -0.2) is 0 Å². The monoisotopic (exact) mass is 383 g/mol. The third-order valence-corrected chi connectivity index (χ3v) is 5.75. The van der Waals surface area contributed by atoms with E-state index in [9.17, 15) is 14.9 Å². The van der Waals surface area contributed by atoms with E-state index in [0.29, 0.717) is 11.9 Å². The minimum Gasteiger partial charge on any atom is -0.368 e. The molecule has 0 unspecified atom stereocenters. The molecule has 1 aromatic carbocycles. The molecule has 0 atom stereocenters. The molecule has 0 saturated carbocycles. The van der Waals surface area contributed by atoms with E-state index >= 15 is 0 Å². The zero-order valence-corrected chi connectivity index (χ0v) is 15.9. The summed E-state index contributed by atoms with van der Waals surface area (Å²) in [7, 11) is 0. The molecule has 2 aromatic rings. The molecule has 2 aliphatic heterocycles. The maximum absolute atomic E-state index is 12.5. The van der Waals surface area contributed by atoms with Gasteiger partial charge in [-0.1, -0.05) is 0 Å². The van der Waals surface area contributed by atoms with Crippen LogP contribution < -0.4 is 4.90 Å². The molecule has 148 valence electrons. The van der Waals surface area contributed by atoms with Gasteiger partial charge in [-0.15, -0.1) is 0 Å². The molecule has 2 fully saturated rings. The summed E-state index contributed by atoms with van der Waals surface area (Å²) < 4.78 is 0. The van der Waals surface area contributed by atoms with Crippen molar-refractivity contribution in [2.45, 2.75) is 19.3 Å². The van der Waals surface area contributed by atoms with E-state index in [2.05, 4.69) is 14.8 Å². The van der Waals surface area contributed by atoms with Crippen LogP contribution in [0.25, 0.3) is 10.8 Å². The van der Waals surface area contributed by atoms with Crippen LogP contribution in [0, 0.1) is 10.1 Å². The summed E-state index contributed by atoms with van der Waals surface area (Å²) in [6, 6.07) is 5.23. The standard InChI is InChI=1S/C20H25N5O3/c26-20(24-8-2-1-3-9-24)15-22-10-12-23(13-11-22)18-4-5-19(25(27)28)17-14-21-7-6-16(17)18/h4-7,14H,1-3,8-13,15H2. The molecule has 8 heteroatoms. The van der Waals surface area contributed by atoms with E-state index in [0.717, 1.165) is 63.2 Å². The van der Waals surface area contributed by atoms with Gasteiger partial charge in [0.2, 0.25) is 5.91 Å². The highest BCUT2D eigenvalue weighted by atomic mass is 16.6. The molecular formula is C20H25N5O3. The first-order chi connectivity index (χ1) is 13.6. The highest BCUT2D eigenvalue weighted by molar-refractivity contribution is 5.99. The molecule has 0 spiro atoms. The van der Waals surface area contributed by atoms with Crippen LogP contribution in [0.3, 0.4) is 0 Å². The van der Waals surface area contributed by atoms with Crippen molar-refractivity contribution in [2.24, 2.45) is 0 Å². The average Bonchev–Trinajstić information content (AvgIpc) is 2.74. The van der Waals surface area contributed by atoms with Crippen LogP contribution >= 0.6 is 0 Å². The molecule has 0 aliphatic carbocycles. The molecular weight excluding hydrogens is 358 g/mol. The van der Waals surface area contributed by atoms with E-state index in [1.807, 2.05) is 17.0 Å². The summed E-state index contributed by atoms with van der Waals surface area (Å²) >= 11 is 0. The molecule has 4 rings (SSSR count). The summed E-state index contributed by atoms with van der Waals surface area (Å²) in [6.07, 6.45) is 6.68. The Kier molecular flexibility index (Phi) is 5.38. The Bertz CT molecular complexity index is 873. The number of nitro benzene ring substituents is 1. The van der Waals surface area contributed by atoms with Crippen molar-refractivity contribution in [3.05, 3.63) is 40.7 Å². The van der Waals surface area contributed by atoms with Gasteiger partial charge in [-0.3, -0.25) is 24.8 Å². The number of anilines is 1. The predicted molar refractivity (Wildman–Crippen MR) is 107 cm³/mol. The van der Waals surface area contributed by atoms with Gasteiger partial charge < -0.3 is 9.80 Å². The minimum atomic E-state index is -0.363. The number of piperazine rings is 1. The number of benzene rings is 1. The van der Waals surface area contributed by atoms with Gasteiger partial charge in [0.1, 0.15) is 0 Å². The number of nitrogens with zero attached hydrogens (tertiary/aromatic N) is 5. The fourth-order valence-electron chi connectivity index (χ4n) is 4.18. The topological polar surface area (TPSA) is 82.8 Å². The third kappa shape index (κ3) is 3.77. The van der Waals surface area contributed by atoms with Gasteiger partial charge in [0, 0.05) is 68.8 Å². The molecule has 0 bridgehead atoms. The Labute approximate surface area is 163 Å². The van der Waals surface area contributed by atoms with Crippen molar-refractivity contribution in [1.29, 1.82) is 0 Å². The molecule has 0 radical (unpaired) electrons. The molecule has 3 heterocycles. The number of piperidine rings is 1. The quantitative estimate of drug-likeness (QED) is 0.595. The number of nitro groups is 1. The average molecular weight is 383 g/mol. The van der Waals surface area contributed by atoms with Gasteiger partial charge in [-0.2, -0.15) is 0 Å². The lowest BCUT2D eigenvalue weighted by molar-refractivity contribution is -0.383. The van der Waals surface area contributed by atoms with Gasteiger partial charge in [0.05, 0.1) is 16.9 Å². The summed E-state index contributed by atoms with van der Waals surface area (Å²) in [4.78, 5) is 33.9. The Morgan fingerprint density at radius 3 is 2.46 bits per heavy atom. The van der Waals surface area contributed by atoms with E-state index < -0.39 is 0 Å². The number of fused-ring (bicyclic) bond motifs is 1. The van der Waals surface area contributed by atoms with E-state index in [-0.39, 0.29) is 16.5 Å². The molecule has 8 nitrogen and oxygen atoms in total. The molecule has 1 aromatic heterocycles. The van der Waals surface area contributed by atoms with Crippen LogP contribution in [0.15, 0.2) is 30.6 Å². The number of pyridine rings is 1. The zero-order chi connectivity index (χ0) is 19.5. The summed E-state index contributed by atoms with van der Waals surface area (Å²) in [6.45, 7) is 5.47. The Morgan fingerprint density at radius 1 is 1.00 bits per heavy atom. The molecule has 2 aliphatic rings. The number of non-ortho nitro benzene ring substituents is 1. The summed E-state index contributed by atoms with van der Waals surface area (Å²) in [5, 5.41) is 12.7. The maximum atomic E-state index is 12.5. The number of likely N-dealkylation sites (tertiary alicyclic amines) is 1. The molecule has 2 saturated heterocycles. The van der Waals surface area contributed by atoms with Gasteiger partial charge in [0.25, 0.3) is 5.69 Å². The van der Waals surface area contributed by atoms with E-state index in [1.54, 1.807) is 18.5 Å². The molecule has 1 amide bonds. The number of aromatic nitrogens is 1. The molecule has 0 N–H and O–H groups in total. The fraction of sp³-hybridized carbons (Fsp3) is 0.500. The lowest BCUT2D eigenvalue weighted by atomic mass is 10.1. The molecule has 28 heavy (non-hydrogen) atoms. The van der Waals surface area contributed by atoms with Crippen molar-refractivity contribution in [3.63, 3.8) is 0 Å². The van der Waals surface area contributed by atoms with Crippen LogP contribution in [0.1, 0.15) is 19.3 Å². The number of hydrogen-bond donors (Lipinski definition) is 0. The zero-order valence-electron chi connectivity index (χ0n) is 15.9. The Morgan fingerprint density at radius 2 is 1.75 bits per heavy atom. The van der Waals surface area contributed by atoms with Gasteiger partial charge in [0.15, 0.2) is 0 Å². The number of amides is 1. The van der Waals surface area contributed by atoms with Crippen LogP contribution in [0.4, 0.5) is 11.4 Å². The second-order valence-corrected chi connectivity index (χ2v) is 7.49. The first-order valence-electron chi connectivity index (χ1n) is 9.90. The lowest BCUT2D eigenvalue weighted by Gasteiger charge is -2.37. The summed E-state index contributed by atoms with van der Waals surface area (Å²) in [5.41, 5.74) is 1.07. The van der Waals surface area contributed by atoms with Crippen molar-refractivity contribution in [3.8, 4) is 0 Å². The lowest BCUT2D eigenvalue weighted by Crippen LogP contribution is -2.50. The van der Waals surface area contributed by atoms with Crippen LogP contribution in [-0.2, 0) is 4.79 Å². The van der Waals surface area contributed by atoms with Crippen molar-refractivity contribution < 1.29 is 9.72 Å². The van der Waals surface area contributed by atoms with Crippen LogP contribution in [-0.4, -0.2) is 71.4 Å². The minimum absolute atomic E-state index is 0.0811.